The molecule has 0 aromatic heterocycles. The van der Waals surface area contributed by atoms with Crippen molar-refractivity contribution in [2.75, 3.05) is 19.6 Å². The molecule has 1 saturated heterocycles. The normalized spacial score (nSPS) is 18.0. The molecule has 1 heterocycles. The van der Waals surface area contributed by atoms with Gasteiger partial charge in [0.05, 0.1) is 0 Å². The van der Waals surface area contributed by atoms with Crippen molar-refractivity contribution in [3.63, 3.8) is 0 Å². The number of nitrogens with zero attached hydrogens (tertiary/aromatic N) is 1. The summed E-state index contributed by atoms with van der Waals surface area (Å²) in [6.07, 6.45) is 2.31. The van der Waals surface area contributed by atoms with Gasteiger partial charge in [0.15, 0.2) is 0 Å². The Kier molecular flexibility index (Phi) is 4.84. The van der Waals surface area contributed by atoms with Crippen molar-refractivity contribution >= 4 is 0 Å². The van der Waals surface area contributed by atoms with Gasteiger partial charge in [-0.1, -0.05) is 54.1 Å². The summed E-state index contributed by atoms with van der Waals surface area (Å²) in [5.41, 5.74) is 12.0. The summed E-state index contributed by atoms with van der Waals surface area (Å²) in [7, 11) is 0. The van der Waals surface area contributed by atoms with Crippen molar-refractivity contribution in [1.29, 1.82) is 0 Å². The standard InChI is InChI=1S/C21H28N2/c1-17-8-9-18(2)20(14-17)21(16-22)10-12-23(13-11-21)15-19-6-4-3-5-7-19/h3-9,14H,10-13,15-16,22H2,1-2H3. The number of benzene rings is 2. The molecule has 23 heavy (non-hydrogen) atoms. The Morgan fingerprint density at radius 1 is 1.00 bits per heavy atom. The van der Waals surface area contributed by atoms with Gasteiger partial charge in [-0.25, -0.2) is 0 Å². The third-order valence-corrected chi connectivity index (χ3v) is 5.42. The summed E-state index contributed by atoms with van der Waals surface area (Å²) < 4.78 is 0. The number of hydrogen-bond acceptors (Lipinski definition) is 2. The first-order chi connectivity index (χ1) is 11.1. The van der Waals surface area contributed by atoms with E-state index in [0.29, 0.717) is 0 Å². The van der Waals surface area contributed by atoms with Crippen LogP contribution in [0.1, 0.15) is 35.1 Å². The van der Waals surface area contributed by atoms with Crippen LogP contribution in [0.3, 0.4) is 0 Å². The predicted molar refractivity (Wildman–Crippen MR) is 97.6 cm³/mol. The molecule has 0 amide bonds. The van der Waals surface area contributed by atoms with Crippen molar-refractivity contribution in [2.45, 2.75) is 38.6 Å². The Morgan fingerprint density at radius 2 is 1.70 bits per heavy atom. The molecule has 2 N–H and O–H groups in total. The first-order valence-electron chi connectivity index (χ1n) is 8.67. The molecule has 0 saturated carbocycles. The van der Waals surface area contributed by atoms with Crippen LogP contribution in [0.15, 0.2) is 48.5 Å². The summed E-state index contributed by atoms with van der Waals surface area (Å²) in [6.45, 7) is 8.45. The lowest BCUT2D eigenvalue weighted by Crippen LogP contribution is -2.46. The molecule has 0 unspecified atom stereocenters. The van der Waals surface area contributed by atoms with Crippen molar-refractivity contribution in [3.8, 4) is 0 Å². The maximum absolute atomic E-state index is 6.27. The molecule has 0 radical (unpaired) electrons. The highest BCUT2D eigenvalue weighted by Gasteiger charge is 2.36. The molecule has 2 aromatic carbocycles. The molecule has 122 valence electrons. The van der Waals surface area contributed by atoms with E-state index in [2.05, 4.69) is 67.3 Å². The van der Waals surface area contributed by atoms with E-state index < -0.39 is 0 Å². The molecular formula is C21H28N2. The highest BCUT2D eigenvalue weighted by molar-refractivity contribution is 5.37. The lowest BCUT2D eigenvalue weighted by molar-refractivity contribution is 0.155. The predicted octanol–water partition coefficient (Wildman–Crippen LogP) is 3.80. The van der Waals surface area contributed by atoms with E-state index in [-0.39, 0.29) is 5.41 Å². The number of rotatable bonds is 4. The van der Waals surface area contributed by atoms with Gasteiger partial charge in [0.2, 0.25) is 0 Å². The van der Waals surface area contributed by atoms with Gasteiger partial charge in [-0.2, -0.15) is 0 Å². The summed E-state index contributed by atoms with van der Waals surface area (Å²) in [6, 6.07) is 17.6. The van der Waals surface area contributed by atoms with E-state index in [4.69, 9.17) is 5.73 Å². The Hall–Kier alpha value is -1.64. The molecule has 0 spiro atoms. The van der Waals surface area contributed by atoms with E-state index in [1.165, 1.54) is 22.3 Å². The van der Waals surface area contributed by atoms with Gasteiger partial charge >= 0.3 is 0 Å². The topological polar surface area (TPSA) is 29.3 Å². The maximum atomic E-state index is 6.27. The van der Waals surface area contributed by atoms with E-state index in [9.17, 15) is 0 Å². The van der Waals surface area contributed by atoms with Gasteiger partial charge in [0.25, 0.3) is 0 Å². The van der Waals surface area contributed by atoms with Crippen LogP contribution in [-0.4, -0.2) is 24.5 Å². The SMILES string of the molecule is Cc1ccc(C)c(C2(CN)CCN(Cc3ccccc3)CC2)c1. The van der Waals surface area contributed by atoms with Crippen LogP contribution in [0.25, 0.3) is 0 Å². The number of aryl methyl sites for hydroxylation is 2. The van der Waals surface area contributed by atoms with Crippen LogP contribution in [0.4, 0.5) is 0 Å². The average molecular weight is 308 g/mol. The van der Waals surface area contributed by atoms with E-state index in [1.807, 2.05) is 0 Å². The zero-order chi connectivity index (χ0) is 16.3. The minimum absolute atomic E-state index is 0.156. The number of likely N-dealkylation sites (tertiary alicyclic amines) is 1. The van der Waals surface area contributed by atoms with Crippen LogP contribution in [0.2, 0.25) is 0 Å². The first-order valence-corrected chi connectivity index (χ1v) is 8.67. The minimum atomic E-state index is 0.156. The van der Waals surface area contributed by atoms with Gasteiger partial charge in [0, 0.05) is 18.5 Å². The fourth-order valence-electron chi connectivity index (χ4n) is 3.87. The second kappa shape index (κ2) is 6.86. The number of hydrogen-bond donors (Lipinski definition) is 1. The molecule has 3 rings (SSSR count). The van der Waals surface area contributed by atoms with Crippen molar-refractivity contribution in [2.24, 2.45) is 5.73 Å². The van der Waals surface area contributed by atoms with Crippen LogP contribution in [0.5, 0.6) is 0 Å². The molecule has 1 aliphatic rings. The third kappa shape index (κ3) is 3.49. The zero-order valence-electron chi connectivity index (χ0n) is 14.4. The lowest BCUT2D eigenvalue weighted by Gasteiger charge is -2.42. The van der Waals surface area contributed by atoms with E-state index >= 15 is 0 Å². The molecule has 1 aliphatic heterocycles. The summed E-state index contributed by atoms with van der Waals surface area (Å²) in [4.78, 5) is 2.56. The Morgan fingerprint density at radius 3 is 2.35 bits per heavy atom. The Balaban J connectivity index is 1.73. The van der Waals surface area contributed by atoms with Crippen molar-refractivity contribution in [3.05, 3.63) is 70.8 Å². The quantitative estimate of drug-likeness (QED) is 0.931. The maximum Gasteiger partial charge on any atom is 0.0233 e. The average Bonchev–Trinajstić information content (AvgIpc) is 2.59. The van der Waals surface area contributed by atoms with Crippen LogP contribution in [-0.2, 0) is 12.0 Å². The van der Waals surface area contributed by atoms with Crippen LogP contribution >= 0.6 is 0 Å². The molecule has 1 fully saturated rings. The Labute approximate surface area is 140 Å². The molecule has 2 aromatic rings. The second-order valence-corrected chi connectivity index (χ2v) is 7.06. The minimum Gasteiger partial charge on any atom is -0.330 e. The monoisotopic (exact) mass is 308 g/mol. The van der Waals surface area contributed by atoms with Gasteiger partial charge in [0.1, 0.15) is 0 Å². The highest BCUT2D eigenvalue weighted by atomic mass is 15.1. The first kappa shape index (κ1) is 16.2. The fourth-order valence-corrected chi connectivity index (χ4v) is 3.87. The van der Waals surface area contributed by atoms with Gasteiger partial charge in [-0.05, 0) is 56.5 Å². The second-order valence-electron chi connectivity index (χ2n) is 7.06. The highest BCUT2D eigenvalue weighted by Crippen LogP contribution is 2.37. The summed E-state index contributed by atoms with van der Waals surface area (Å²) in [5, 5.41) is 0. The van der Waals surface area contributed by atoms with Gasteiger partial charge in [-0.15, -0.1) is 0 Å². The Bertz CT molecular complexity index is 640. The molecule has 0 bridgehead atoms. The van der Waals surface area contributed by atoms with Crippen molar-refractivity contribution < 1.29 is 0 Å². The third-order valence-electron chi connectivity index (χ3n) is 5.42. The van der Waals surface area contributed by atoms with Crippen molar-refractivity contribution in [1.82, 2.24) is 4.90 Å². The smallest absolute Gasteiger partial charge is 0.0233 e. The largest absolute Gasteiger partial charge is 0.330 e. The van der Waals surface area contributed by atoms with Gasteiger partial charge < -0.3 is 5.73 Å². The molecular weight excluding hydrogens is 280 g/mol. The number of piperidine rings is 1. The lowest BCUT2D eigenvalue weighted by atomic mass is 9.71. The molecule has 2 nitrogen and oxygen atoms in total. The summed E-state index contributed by atoms with van der Waals surface area (Å²) >= 11 is 0. The molecule has 0 aliphatic carbocycles. The summed E-state index contributed by atoms with van der Waals surface area (Å²) in [5.74, 6) is 0. The van der Waals surface area contributed by atoms with Crippen LogP contribution < -0.4 is 5.73 Å². The van der Waals surface area contributed by atoms with E-state index in [1.54, 1.807) is 0 Å². The number of nitrogens with two attached hydrogens (primary N) is 1. The molecule has 0 atom stereocenters. The zero-order valence-corrected chi connectivity index (χ0v) is 14.4. The van der Waals surface area contributed by atoms with Crippen LogP contribution in [0, 0.1) is 13.8 Å². The van der Waals surface area contributed by atoms with E-state index in [0.717, 1.165) is 39.0 Å². The van der Waals surface area contributed by atoms with Gasteiger partial charge in [-0.3, -0.25) is 4.90 Å². The fraction of sp³-hybridized carbons (Fsp3) is 0.429. The molecule has 2 heteroatoms.